The summed E-state index contributed by atoms with van der Waals surface area (Å²) >= 11 is 1.71. The maximum absolute atomic E-state index is 13.0. The van der Waals surface area contributed by atoms with Crippen LogP contribution in [0.2, 0.25) is 0 Å². The maximum atomic E-state index is 13.0. The van der Waals surface area contributed by atoms with Gasteiger partial charge in [0.25, 0.3) is 0 Å². The Kier molecular flexibility index (Phi) is 10.0. The van der Waals surface area contributed by atoms with Crippen LogP contribution >= 0.6 is 24.2 Å². The van der Waals surface area contributed by atoms with Crippen LogP contribution in [0.15, 0.2) is 42.5 Å². The summed E-state index contributed by atoms with van der Waals surface area (Å²) in [5, 5.41) is 10.5. The number of hydrogen-bond donors (Lipinski definition) is 1. The van der Waals surface area contributed by atoms with Crippen LogP contribution in [-0.2, 0) is 11.3 Å². The molecule has 1 N–H and O–H groups in total. The zero-order chi connectivity index (χ0) is 23.9. The number of aromatic hydroxyl groups is 1. The Morgan fingerprint density at radius 2 is 1.80 bits per heavy atom. The Hall–Kier alpha value is -2.55. The first kappa shape index (κ1) is 27.0. The number of methoxy groups -OCH3 is 2. The molecule has 0 spiro atoms. The van der Waals surface area contributed by atoms with Crippen molar-refractivity contribution < 1.29 is 24.1 Å². The van der Waals surface area contributed by atoms with Crippen molar-refractivity contribution in [1.29, 1.82) is 0 Å². The summed E-state index contributed by atoms with van der Waals surface area (Å²) in [7, 11) is 3.16. The Morgan fingerprint density at radius 3 is 2.51 bits per heavy atom. The number of rotatable bonds is 9. The molecule has 0 bridgehead atoms. The van der Waals surface area contributed by atoms with Crippen LogP contribution < -0.4 is 14.2 Å². The molecule has 0 aliphatic carbocycles. The average Bonchev–Trinajstić information content (AvgIpc) is 3.55. The second-order valence-electron chi connectivity index (χ2n) is 8.37. The number of likely N-dealkylation sites (tertiary alicyclic amines) is 1. The van der Waals surface area contributed by atoms with Crippen LogP contribution in [-0.4, -0.2) is 72.4 Å². The summed E-state index contributed by atoms with van der Waals surface area (Å²) in [6.07, 6.45) is 5.75. The monoisotopic (exact) mass is 520 g/mol. The van der Waals surface area contributed by atoms with Crippen LogP contribution in [0.3, 0.4) is 0 Å². The fraction of sp³-hybridized carbons (Fsp3) is 0.423. The molecule has 0 aromatic heterocycles. The van der Waals surface area contributed by atoms with Crippen molar-refractivity contribution in [2.75, 3.05) is 46.2 Å². The van der Waals surface area contributed by atoms with E-state index in [2.05, 4.69) is 4.90 Å². The summed E-state index contributed by atoms with van der Waals surface area (Å²) in [6.45, 7) is 3.80. The molecule has 2 aromatic carbocycles. The molecule has 2 heterocycles. The Bertz CT molecular complexity index is 1030. The smallest absolute Gasteiger partial charge is 0.247 e. The molecule has 1 unspecified atom stereocenters. The molecule has 2 fully saturated rings. The molecule has 0 radical (unpaired) electrons. The fourth-order valence-corrected chi connectivity index (χ4v) is 5.44. The molecular weight excluding hydrogens is 488 g/mol. The number of nitrogens with zero attached hydrogens (tertiary/aromatic N) is 2. The molecule has 1 amide bonds. The van der Waals surface area contributed by atoms with E-state index in [0.29, 0.717) is 36.9 Å². The van der Waals surface area contributed by atoms with E-state index >= 15 is 0 Å². The zero-order valence-electron chi connectivity index (χ0n) is 20.1. The lowest BCUT2D eigenvalue weighted by Crippen LogP contribution is -2.37. The molecule has 0 saturated carbocycles. The third-order valence-electron chi connectivity index (χ3n) is 6.13. The highest BCUT2D eigenvalue weighted by atomic mass is 35.5. The number of carbonyl (C=O) groups is 1. The zero-order valence-corrected chi connectivity index (χ0v) is 21.8. The van der Waals surface area contributed by atoms with E-state index < -0.39 is 0 Å². The van der Waals surface area contributed by atoms with Crippen molar-refractivity contribution >= 4 is 36.2 Å². The number of ether oxygens (including phenoxy) is 3. The standard InChI is InChI=1S/C26H32N2O5S.ClH/c1-31-21-7-3-4-8-22(21)33-18-25-28(13-14-34-25)24(29)10-9-19-15-20(17-27-11-5-6-12-27)26(30)23(16-19)32-2;/h3-4,7-10,15-16,25,30H,5-6,11-14,17-18H2,1-2H3;1H. The molecule has 2 aliphatic heterocycles. The molecule has 2 saturated heterocycles. The highest BCUT2D eigenvalue weighted by Crippen LogP contribution is 2.34. The highest BCUT2D eigenvalue weighted by molar-refractivity contribution is 8.00. The summed E-state index contributed by atoms with van der Waals surface area (Å²) in [4.78, 5) is 17.2. The van der Waals surface area contributed by atoms with Gasteiger partial charge in [0.2, 0.25) is 5.91 Å². The van der Waals surface area contributed by atoms with E-state index in [1.165, 1.54) is 12.8 Å². The van der Waals surface area contributed by atoms with Gasteiger partial charge < -0.3 is 24.2 Å². The summed E-state index contributed by atoms with van der Waals surface area (Å²) in [5.41, 5.74) is 1.64. The lowest BCUT2D eigenvalue weighted by molar-refractivity contribution is -0.126. The summed E-state index contributed by atoms with van der Waals surface area (Å²) in [5.74, 6) is 2.74. The van der Waals surface area contributed by atoms with Gasteiger partial charge in [0.1, 0.15) is 12.0 Å². The minimum atomic E-state index is -0.0675. The lowest BCUT2D eigenvalue weighted by Gasteiger charge is -2.23. The van der Waals surface area contributed by atoms with Crippen molar-refractivity contribution in [3.05, 3.63) is 53.6 Å². The van der Waals surface area contributed by atoms with Gasteiger partial charge in [-0.1, -0.05) is 12.1 Å². The summed E-state index contributed by atoms with van der Waals surface area (Å²) < 4.78 is 16.7. The number of halogens is 1. The molecule has 1 atom stereocenters. The van der Waals surface area contributed by atoms with Crippen molar-refractivity contribution in [1.82, 2.24) is 9.80 Å². The van der Waals surface area contributed by atoms with E-state index in [4.69, 9.17) is 14.2 Å². The number of benzene rings is 2. The van der Waals surface area contributed by atoms with Crippen molar-refractivity contribution in [2.24, 2.45) is 0 Å². The Labute approximate surface area is 217 Å². The Balaban J connectivity index is 0.00000342. The number of amides is 1. The molecule has 190 valence electrons. The largest absolute Gasteiger partial charge is 0.504 e. The van der Waals surface area contributed by atoms with Gasteiger partial charge in [-0.05, 0) is 61.8 Å². The van der Waals surface area contributed by atoms with Crippen LogP contribution in [0.4, 0.5) is 0 Å². The van der Waals surface area contributed by atoms with Gasteiger partial charge in [0.05, 0.1) is 14.2 Å². The Morgan fingerprint density at radius 1 is 1.09 bits per heavy atom. The molecule has 35 heavy (non-hydrogen) atoms. The quantitative estimate of drug-likeness (QED) is 0.491. The van der Waals surface area contributed by atoms with Gasteiger partial charge in [0, 0.05) is 30.5 Å². The van der Waals surface area contributed by atoms with Crippen LogP contribution in [0.25, 0.3) is 6.08 Å². The number of para-hydroxylation sites is 2. The number of thioether (sulfide) groups is 1. The van der Waals surface area contributed by atoms with Gasteiger partial charge in [-0.2, -0.15) is 0 Å². The average molecular weight is 521 g/mol. The van der Waals surface area contributed by atoms with Gasteiger partial charge in [-0.15, -0.1) is 24.2 Å². The molecule has 2 aliphatic rings. The van der Waals surface area contributed by atoms with Crippen LogP contribution in [0.5, 0.6) is 23.0 Å². The molecule has 2 aromatic rings. The first-order valence-electron chi connectivity index (χ1n) is 11.6. The van der Waals surface area contributed by atoms with E-state index in [1.54, 1.807) is 44.2 Å². The molecule has 7 nitrogen and oxygen atoms in total. The number of phenolic OH excluding ortho intramolecular Hbond substituents is 1. The van der Waals surface area contributed by atoms with E-state index in [0.717, 1.165) is 30.0 Å². The molecule has 9 heteroatoms. The van der Waals surface area contributed by atoms with E-state index in [1.807, 2.05) is 35.2 Å². The third kappa shape index (κ3) is 6.78. The molecular formula is C26H33ClN2O5S. The number of carbonyl (C=O) groups excluding carboxylic acids is 1. The van der Waals surface area contributed by atoms with Crippen molar-refractivity contribution in [3.63, 3.8) is 0 Å². The minimum absolute atomic E-state index is 0. The highest BCUT2D eigenvalue weighted by Gasteiger charge is 2.29. The first-order chi connectivity index (χ1) is 16.6. The van der Waals surface area contributed by atoms with Crippen LogP contribution in [0.1, 0.15) is 24.0 Å². The SMILES string of the molecule is COc1ccccc1OCC1SCCN1C(=O)C=Cc1cc(CN2CCCC2)c(O)c(OC)c1.Cl. The second-order valence-corrected chi connectivity index (χ2v) is 9.65. The fourth-order valence-electron chi connectivity index (χ4n) is 4.32. The molecule has 4 rings (SSSR count). The lowest BCUT2D eigenvalue weighted by atomic mass is 10.1. The maximum Gasteiger partial charge on any atom is 0.247 e. The number of hydrogen-bond acceptors (Lipinski definition) is 7. The van der Waals surface area contributed by atoms with Crippen molar-refractivity contribution in [2.45, 2.75) is 24.8 Å². The van der Waals surface area contributed by atoms with E-state index in [9.17, 15) is 9.90 Å². The van der Waals surface area contributed by atoms with Gasteiger partial charge >= 0.3 is 0 Å². The van der Waals surface area contributed by atoms with Gasteiger partial charge in [0.15, 0.2) is 23.0 Å². The second kappa shape index (κ2) is 13.0. The minimum Gasteiger partial charge on any atom is -0.504 e. The van der Waals surface area contributed by atoms with Crippen LogP contribution in [0, 0.1) is 0 Å². The number of phenols is 1. The predicted molar refractivity (Wildman–Crippen MR) is 142 cm³/mol. The normalized spacial score (nSPS) is 18.0. The third-order valence-corrected chi connectivity index (χ3v) is 7.32. The predicted octanol–water partition coefficient (Wildman–Crippen LogP) is 4.42. The van der Waals surface area contributed by atoms with Gasteiger partial charge in [-0.25, -0.2) is 0 Å². The van der Waals surface area contributed by atoms with Gasteiger partial charge in [-0.3, -0.25) is 9.69 Å². The summed E-state index contributed by atoms with van der Waals surface area (Å²) in [6, 6.07) is 11.2. The first-order valence-corrected chi connectivity index (χ1v) is 12.6. The van der Waals surface area contributed by atoms with Crippen molar-refractivity contribution in [3.8, 4) is 23.0 Å². The topological polar surface area (TPSA) is 71.5 Å². The van der Waals surface area contributed by atoms with E-state index in [-0.39, 0.29) is 29.4 Å².